The summed E-state index contributed by atoms with van der Waals surface area (Å²) in [4.78, 5) is 0. The average Bonchev–Trinajstić information content (AvgIpc) is 0. The predicted octanol–water partition coefficient (Wildman–Crippen LogP) is -0.0650. The average molecular weight is 1320 g/mol. The smallest absolute Gasteiger partial charge is 0 e. The van der Waals surface area contributed by atoms with Crippen LogP contribution in [0, 0.1) is 0 Å². The van der Waals surface area contributed by atoms with Crippen LogP contribution in [-0.2, 0) is 482 Å². The Bertz CT molecular complexity index is 0. The van der Waals surface area contributed by atoms with Crippen LogP contribution in [0.15, 0.2) is 0 Å². The van der Waals surface area contributed by atoms with E-state index in [0.717, 1.165) is 0 Å². The third kappa shape index (κ3) is 248. The maximum Gasteiger partial charge on any atom is 0 e. The van der Waals surface area contributed by atoms with Crippen LogP contribution in [-0.4, -0.2) is 0 Å². The van der Waals surface area contributed by atoms with E-state index in [1.165, 1.54) is 0 Å². The predicted molar refractivity (Wildman–Crippen MR) is 0 cm³/mol. The van der Waals surface area contributed by atoms with Crippen molar-refractivity contribution in [2.75, 3.05) is 0 Å². The zero-order chi connectivity index (χ0) is 0. The van der Waals surface area contributed by atoms with Gasteiger partial charge < -0.3 is 0 Å². The molecule has 0 spiro atoms. The Labute approximate surface area is 470 Å². The zero-order valence-electron chi connectivity index (χ0n) is 11.6. The first kappa shape index (κ1) is 288. The first-order valence-corrected chi connectivity index (χ1v) is 0. The van der Waals surface area contributed by atoms with Crippen LogP contribution < -0.4 is 0 Å². The number of hydrogen-bond donors (Lipinski definition) is 0. The molecule has 0 amide bonds. The summed E-state index contributed by atoms with van der Waals surface area (Å²) in [6.07, 6.45) is 0. The van der Waals surface area contributed by atoms with Crippen molar-refractivity contribution < 1.29 is 482 Å². The van der Waals surface area contributed by atoms with Gasteiger partial charge in [0.15, 0.2) is 0 Å². The van der Waals surface area contributed by atoms with Crippen LogP contribution >= 0.6 is 0 Å². The molecule has 0 saturated carbocycles. The summed E-state index contributed by atoms with van der Waals surface area (Å²) in [7, 11) is 0. The molecule has 26 heteroatoms. The monoisotopic (exact) mass is 1320 g/mol. The first-order valence-electron chi connectivity index (χ1n) is 0. The molecule has 0 saturated heterocycles. The van der Waals surface area contributed by atoms with Gasteiger partial charge in [-0.1, -0.05) is 0 Å². The molecule has 0 aromatic heterocycles. The van der Waals surface area contributed by atoms with Crippen molar-refractivity contribution in [2.24, 2.45) is 0 Å². The van der Waals surface area contributed by atoms with Crippen molar-refractivity contribution in [1.82, 2.24) is 0 Å². The molecular formula is V26. The molecule has 0 heterocycles. The fourth-order valence-electron chi connectivity index (χ4n) is 0. The molecule has 0 rings (SSSR count). The summed E-state index contributed by atoms with van der Waals surface area (Å²) in [5.74, 6) is 0. The SMILES string of the molecule is [V].[V].[V].[V].[V].[V].[V].[V].[V].[V].[V].[V].[V].[V].[V].[V].[V].[V].[V].[V].[V].[V].[V].[V].[V].[V]. The molecule has 26 radical (unpaired) electrons. The minimum atomic E-state index is 0. The molecule has 0 aliphatic carbocycles. The molecule has 0 bridgehead atoms. The van der Waals surface area contributed by atoms with Crippen LogP contribution in [0.2, 0.25) is 0 Å². The zero-order valence-corrected chi connectivity index (χ0v) is 47.9. The molecule has 0 unspecified atom stereocenters. The van der Waals surface area contributed by atoms with E-state index < -0.39 is 0 Å². The summed E-state index contributed by atoms with van der Waals surface area (Å²) in [6, 6.07) is 0. The van der Waals surface area contributed by atoms with Gasteiger partial charge in [-0.15, -0.1) is 0 Å². The van der Waals surface area contributed by atoms with Gasteiger partial charge in [0.1, 0.15) is 0 Å². The number of hydrogen-bond acceptors (Lipinski definition) is 0. The summed E-state index contributed by atoms with van der Waals surface area (Å²) >= 11 is 0. The van der Waals surface area contributed by atoms with Crippen molar-refractivity contribution in [3.8, 4) is 0 Å². The van der Waals surface area contributed by atoms with Crippen molar-refractivity contribution >= 4 is 0 Å². The summed E-state index contributed by atoms with van der Waals surface area (Å²) in [6.45, 7) is 0. The molecule has 0 aliphatic rings. The Morgan fingerprint density at radius 3 is 0.0385 bits per heavy atom. The maximum atomic E-state index is 0. The van der Waals surface area contributed by atoms with Crippen molar-refractivity contribution in [1.29, 1.82) is 0 Å². The Balaban J connectivity index is 0. The van der Waals surface area contributed by atoms with Gasteiger partial charge in [-0.3, -0.25) is 0 Å². The van der Waals surface area contributed by atoms with E-state index in [1.807, 2.05) is 0 Å². The summed E-state index contributed by atoms with van der Waals surface area (Å²) in [5.41, 5.74) is 0. The van der Waals surface area contributed by atoms with E-state index in [2.05, 4.69) is 0 Å². The largest absolute Gasteiger partial charge is 0 e. The molecule has 130 valence electrons. The van der Waals surface area contributed by atoms with Gasteiger partial charge in [0.25, 0.3) is 0 Å². The maximum absolute atomic E-state index is 0. The van der Waals surface area contributed by atoms with Crippen molar-refractivity contribution in [2.45, 2.75) is 0 Å². The van der Waals surface area contributed by atoms with Crippen LogP contribution in [0.5, 0.6) is 0 Å². The Morgan fingerprint density at radius 1 is 0.0385 bits per heavy atom. The molecule has 0 nitrogen and oxygen atoms in total. The molecule has 0 atom stereocenters. The fraction of sp³-hybridized carbons (Fsp3) is 0. The standard InChI is InChI=1S/26V. The van der Waals surface area contributed by atoms with Gasteiger partial charge in [0.2, 0.25) is 0 Å². The molecule has 0 N–H and O–H groups in total. The normalized spacial score (nSPS) is 0. The minimum Gasteiger partial charge on any atom is 0 e. The third-order valence-electron chi connectivity index (χ3n) is 0. The van der Waals surface area contributed by atoms with Gasteiger partial charge in [0, 0.05) is 482 Å². The number of rotatable bonds is 0. The minimum absolute atomic E-state index is 0. The Kier molecular flexibility index (Phi) is 2970. The van der Waals surface area contributed by atoms with Gasteiger partial charge in [-0.2, -0.15) is 0 Å². The quantitative estimate of drug-likeness (QED) is 0.320. The van der Waals surface area contributed by atoms with E-state index in [4.69, 9.17) is 0 Å². The van der Waals surface area contributed by atoms with Crippen LogP contribution in [0.1, 0.15) is 0 Å². The third-order valence-corrected chi connectivity index (χ3v) is 0. The second-order valence-corrected chi connectivity index (χ2v) is 0. The van der Waals surface area contributed by atoms with Crippen LogP contribution in [0.25, 0.3) is 0 Å². The van der Waals surface area contributed by atoms with E-state index in [-0.39, 0.29) is 482 Å². The van der Waals surface area contributed by atoms with Crippen LogP contribution in [0.4, 0.5) is 0 Å². The second-order valence-electron chi connectivity index (χ2n) is 0. The molecule has 0 aromatic carbocycles. The molecule has 0 aliphatic heterocycles. The summed E-state index contributed by atoms with van der Waals surface area (Å²) < 4.78 is 0. The van der Waals surface area contributed by atoms with Crippen molar-refractivity contribution in [3.63, 3.8) is 0 Å². The molecular weight excluding hydrogens is 1320 g/mol. The summed E-state index contributed by atoms with van der Waals surface area (Å²) in [5, 5.41) is 0. The van der Waals surface area contributed by atoms with Crippen molar-refractivity contribution in [3.05, 3.63) is 0 Å². The van der Waals surface area contributed by atoms with Crippen LogP contribution in [0.3, 0.4) is 0 Å². The molecule has 0 aromatic rings. The molecule has 26 heavy (non-hydrogen) atoms. The van der Waals surface area contributed by atoms with E-state index in [0.29, 0.717) is 0 Å². The molecule has 0 fully saturated rings. The topological polar surface area (TPSA) is 0 Å². The first-order chi connectivity index (χ1) is 0. The second kappa shape index (κ2) is 267. The van der Waals surface area contributed by atoms with Gasteiger partial charge in [0.05, 0.1) is 0 Å². The fourth-order valence-corrected chi connectivity index (χ4v) is 0. The van der Waals surface area contributed by atoms with E-state index in [1.54, 1.807) is 0 Å². The Morgan fingerprint density at radius 2 is 0.0385 bits per heavy atom. The van der Waals surface area contributed by atoms with Gasteiger partial charge in [-0.25, -0.2) is 0 Å². The van der Waals surface area contributed by atoms with Gasteiger partial charge >= 0.3 is 0 Å². The van der Waals surface area contributed by atoms with E-state index >= 15 is 0 Å². The van der Waals surface area contributed by atoms with E-state index in [9.17, 15) is 0 Å². The van der Waals surface area contributed by atoms with Gasteiger partial charge in [-0.05, 0) is 0 Å². The Hall–Kier alpha value is 15.2.